The number of aryl methyl sites for hydroxylation is 2. The van der Waals surface area contributed by atoms with Gasteiger partial charge in [0.1, 0.15) is 5.75 Å². The molecule has 1 unspecified atom stereocenters. The molecule has 110 valence electrons. The number of carbonyl (C=O) groups excluding carboxylic acids is 1. The second-order valence-electron chi connectivity index (χ2n) is 4.88. The van der Waals surface area contributed by atoms with Crippen LogP contribution in [0.1, 0.15) is 21.5 Å². The van der Waals surface area contributed by atoms with Gasteiger partial charge in [0.05, 0.1) is 0 Å². The summed E-state index contributed by atoms with van der Waals surface area (Å²) < 4.78 is 10.6. The first-order valence-electron chi connectivity index (χ1n) is 6.69. The van der Waals surface area contributed by atoms with E-state index in [9.17, 15) is 4.79 Å². The lowest BCUT2D eigenvalue weighted by molar-refractivity contribution is 0.0519. The van der Waals surface area contributed by atoms with Gasteiger partial charge in [-0.2, -0.15) is 0 Å². The normalized spacial score (nSPS) is 11.0. The van der Waals surface area contributed by atoms with Crippen molar-refractivity contribution >= 4 is 25.5 Å². The molecule has 0 aliphatic rings. The highest BCUT2D eigenvalue weighted by Crippen LogP contribution is 2.22. The van der Waals surface area contributed by atoms with Crippen molar-refractivity contribution in [3.63, 3.8) is 0 Å². The number of carbonyl (C=O) groups is 1. The molecule has 0 aliphatic carbocycles. The van der Waals surface area contributed by atoms with Crippen LogP contribution in [0.15, 0.2) is 36.4 Å². The smallest absolute Gasteiger partial charge is 0.188 e. The van der Waals surface area contributed by atoms with Crippen molar-refractivity contribution in [1.82, 2.24) is 0 Å². The van der Waals surface area contributed by atoms with Gasteiger partial charge in [0.2, 0.25) is 0 Å². The van der Waals surface area contributed by atoms with Gasteiger partial charge in [-0.15, -0.1) is 0 Å². The van der Waals surface area contributed by atoms with E-state index in [2.05, 4.69) is 6.07 Å². The molecule has 0 amide bonds. The van der Waals surface area contributed by atoms with Crippen LogP contribution >= 0.6 is 8.58 Å². The van der Waals surface area contributed by atoms with Gasteiger partial charge < -0.3 is 9.47 Å². The Morgan fingerprint density at radius 1 is 1.05 bits per heavy atom. The molecule has 0 fully saturated rings. The van der Waals surface area contributed by atoms with Crippen LogP contribution in [-0.2, 0) is 4.74 Å². The summed E-state index contributed by atoms with van der Waals surface area (Å²) in [6.45, 7) is 4.25. The van der Waals surface area contributed by atoms with Crippen molar-refractivity contribution < 1.29 is 14.3 Å². The largest absolute Gasteiger partial charge is 0.467 e. The first kappa shape index (κ1) is 15.7. The van der Waals surface area contributed by atoms with Gasteiger partial charge in [0.15, 0.2) is 13.1 Å². The van der Waals surface area contributed by atoms with E-state index in [1.165, 1.54) is 5.56 Å². The van der Waals surface area contributed by atoms with Crippen molar-refractivity contribution in [2.45, 2.75) is 13.8 Å². The number of methoxy groups -OCH3 is 1. The molecule has 0 radical (unpaired) electrons. The van der Waals surface area contributed by atoms with Crippen molar-refractivity contribution in [3.8, 4) is 5.75 Å². The van der Waals surface area contributed by atoms with E-state index < -0.39 is 0 Å². The van der Waals surface area contributed by atoms with Crippen LogP contribution in [0.4, 0.5) is 0 Å². The molecule has 0 aromatic heterocycles. The Balaban J connectivity index is 2.34. The van der Waals surface area contributed by atoms with E-state index >= 15 is 0 Å². The lowest BCUT2D eigenvalue weighted by atomic mass is 10.2. The molecule has 0 spiro atoms. The molecule has 4 heteroatoms. The van der Waals surface area contributed by atoms with Crippen molar-refractivity contribution in [1.29, 1.82) is 0 Å². The second kappa shape index (κ2) is 7.35. The van der Waals surface area contributed by atoms with Gasteiger partial charge >= 0.3 is 0 Å². The van der Waals surface area contributed by atoms with E-state index in [0.29, 0.717) is 8.58 Å². The van der Waals surface area contributed by atoms with Gasteiger partial charge in [-0.1, -0.05) is 37.9 Å². The summed E-state index contributed by atoms with van der Waals surface area (Å²) in [5, 5.41) is 2.11. The minimum atomic E-state index is 0.217. The number of hydrogen-bond donors (Lipinski definition) is 0. The van der Waals surface area contributed by atoms with Crippen molar-refractivity contribution in [2.24, 2.45) is 0 Å². The summed E-state index contributed by atoms with van der Waals surface area (Å²) in [4.78, 5) is 11.2. The van der Waals surface area contributed by atoms with E-state index in [4.69, 9.17) is 9.47 Å². The van der Waals surface area contributed by atoms with Crippen LogP contribution < -0.4 is 15.3 Å². The Bertz CT molecular complexity index is 638. The van der Waals surface area contributed by atoms with Crippen LogP contribution in [0, 0.1) is 13.8 Å². The number of ether oxygens (including phenoxy) is 2. The molecule has 21 heavy (non-hydrogen) atoms. The Kier molecular flexibility index (Phi) is 5.49. The zero-order valence-electron chi connectivity index (χ0n) is 12.5. The highest BCUT2D eigenvalue weighted by Gasteiger charge is 2.09. The van der Waals surface area contributed by atoms with Gasteiger partial charge in [0.25, 0.3) is 0 Å². The summed E-state index contributed by atoms with van der Waals surface area (Å²) in [7, 11) is 1.97. The molecular weight excluding hydrogens is 283 g/mol. The maximum atomic E-state index is 11.2. The Hall–Kier alpha value is -1.70. The number of hydrogen-bond acceptors (Lipinski definition) is 3. The van der Waals surface area contributed by atoms with Gasteiger partial charge in [-0.3, -0.25) is 4.79 Å². The topological polar surface area (TPSA) is 35.5 Å². The minimum absolute atomic E-state index is 0.217. The van der Waals surface area contributed by atoms with Crippen LogP contribution in [0.3, 0.4) is 0 Å². The van der Waals surface area contributed by atoms with Crippen LogP contribution in [0.25, 0.3) is 0 Å². The first-order valence-corrected chi connectivity index (χ1v) is 7.69. The molecule has 2 aromatic carbocycles. The predicted octanol–water partition coefficient (Wildman–Crippen LogP) is 2.73. The maximum absolute atomic E-state index is 11.2. The fraction of sp³-hybridized carbons (Fsp3) is 0.235. The lowest BCUT2D eigenvalue weighted by Gasteiger charge is -2.13. The number of aldehydes is 1. The SMILES string of the molecule is COCOc1ccc(C)cc1Pc1ccc(C)cc1C=O. The lowest BCUT2D eigenvalue weighted by Crippen LogP contribution is -2.13. The molecule has 0 aliphatic heterocycles. The minimum Gasteiger partial charge on any atom is -0.467 e. The standard InChI is InChI=1S/C17H19O3P/c1-12-5-7-16(14(8-12)10-18)21-17-9-13(2)4-6-15(17)20-11-19-3/h4-10,21H,11H2,1-3H3. The zero-order chi connectivity index (χ0) is 15.2. The molecule has 3 nitrogen and oxygen atoms in total. The molecular formula is C17H19O3P. The highest BCUT2D eigenvalue weighted by molar-refractivity contribution is 7.56. The Morgan fingerprint density at radius 2 is 1.76 bits per heavy atom. The fourth-order valence-corrected chi connectivity index (χ4v) is 3.34. The molecule has 1 atom stereocenters. The second-order valence-corrected chi connectivity index (χ2v) is 6.21. The predicted molar refractivity (Wildman–Crippen MR) is 87.8 cm³/mol. The Morgan fingerprint density at radius 3 is 2.48 bits per heavy atom. The fourth-order valence-electron chi connectivity index (χ4n) is 2.03. The number of benzene rings is 2. The quantitative estimate of drug-likeness (QED) is 0.467. The van der Waals surface area contributed by atoms with Crippen LogP contribution in [0.2, 0.25) is 0 Å². The van der Waals surface area contributed by atoms with Crippen molar-refractivity contribution in [2.75, 3.05) is 13.9 Å². The highest BCUT2D eigenvalue weighted by atomic mass is 31.1. The van der Waals surface area contributed by atoms with Crippen LogP contribution in [0.5, 0.6) is 5.75 Å². The summed E-state index contributed by atoms with van der Waals surface area (Å²) >= 11 is 0. The molecule has 0 saturated heterocycles. The molecule has 0 saturated carbocycles. The van der Waals surface area contributed by atoms with Crippen molar-refractivity contribution in [3.05, 3.63) is 53.1 Å². The van der Waals surface area contributed by atoms with E-state index in [-0.39, 0.29) is 6.79 Å². The van der Waals surface area contributed by atoms with E-state index in [0.717, 1.165) is 33.8 Å². The first-order chi connectivity index (χ1) is 10.1. The zero-order valence-corrected chi connectivity index (χ0v) is 13.5. The maximum Gasteiger partial charge on any atom is 0.188 e. The van der Waals surface area contributed by atoms with Gasteiger partial charge in [0, 0.05) is 18.0 Å². The molecule has 0 N–H and O–H groups in total. The third-order valence-corrected chi connectivity index (χ3v) is 4.46. The van der Waals surface area contributed by atoms with Gasteiger partial charge in [-0.25, -0.2) is 0 Å². The summed E-state index contributed by atoms with van der Waals surface area (Å²) in [6.07, 6.45) is 0.917. The summed E-state index contributed by atoms with van der Waals surface area (Å²) in [6, 6.07) is 12.0. The average Bonchev–Trinajstić information content (AvgIpc) is 2.48. The van der Waals surface area contributed by atoms with Crippen LogP contribution in [-0.4, -0.2) is 20.2 Å². The molecule has 0 heterocycles. The van der Waals surface area contributed by atoms with Gasteiger partial charge in [-0.05, 0) is 37.4 Å². The summed E-state index contributed by atoms with van der Waals surface area (Å²) in [5.41, 5.74) is 3.00. The van der Waals surface area contributed by atoms with E-state index in [1.54, 1.807) is 7.11 Å². The average molecular weight is 302 g/mol. The summed E-state index contributed by atoms with van der Waals surface area (Å²) in [5.74, 6) is 0.804. The molecule has 0 bridgehead atoms. The third kappa shape index (κ3) is 4.13. The number of rotatable bonds is 6. The van der Waals surface area contributed by atoms with E-state index in [1.807, 2.05) is 44.2 Å². The molecule has 2 aromatic rings. The Labute approximate surface area is 127 Å². The molecule has 2 rings (SSSR count). The third-order valence-electron chi connectivity index (χ3n) is 3.07. The monoisotopic (exact) mass is 302 g/mol.